The van der Waals surface area contributed by atoms with E-state index in [0.29, 0.717) is 24.4 Å². The highest BCUT2D eigenvalue weighted by Gasteiger charge is 2.31. The first-order valence-electron chi connectivity index (χ1n) is 8.55. The van der Waals surface area contributed by atoms with Gasteiger partial charge in [0.05, 0.1) is 6.10 Å². The molecular formula is C16H28N2O2S. The van der Waals surface area contributed by atoms with Crippen molar-refractivity contribution in [2.75, 3.05) is 31.2 Å². The van der Waals surface area contributed by atoms with E-state index in [1.165, 1.54) is 31.4 Å². The summed E-state index contributed by atoms with van der Waals surface area (Å²) in [5.41, 5.74) is 0. The molecule has 0 aromatic carbocycles. The summed E-state index contributed by atoms with van der Waals surface area (Å²) in [6, 6.07) is 0.836. The van der Waals surface area contributed by atoms with E-state index in [0.717, 1.165) is 38.3 Å². The quantitative estimate of drug-likeness (QED) is 0.843. The Morgan fingerprint density at radius 1 is 1.24 bits per heavy atom. The van der Waals surface area contributed by atoms with Crippen LogP contribution in [0, 0.1) is 0 Å². The lowest BCUT2D eigenvalue weighted by Crippen LogP contribution is -2.47. The van der Waals surface area contributed by atoms with Crippen LogP contribution < -0.4 is 5.32 Å². The van der Waals surface area contributed by atoms with Crippen LogP contribution in [0.2, 0.25) is 0 Å². The largest absolute Gasteiger partial charge is 0.376 e. The number of rotatable bonds is 5. The van der Waals surface area contributed by atoms with Crippen molar-refractivity contribution < 1.29 is 9.53 Å². The van der Waals surface area contributed by atoms with Crippen molar-refractivity contribution in [3.05, 3.63) is 0 Å². The van der Waals surface area contributed by atoms with Gasteiger partial charge in [-0.05, 0) is 25.7 Å². The van der Waals surface area contributed by atoms with Crippen molar-refractivity contribution >= 4 is 17.7 Å². The van der Waals surface area contributed by atoms with E-state index in [1.807, 2.05) is 11.8 Å². The molecule has 0 radical (unpaired) electrons. The maximum absolute atomic E-state index is 12.8. The number of hydrogen-bond acceptors (Lipinski definition) is 4. The molecule has 0 spiro atoms. The standard InChI is InChI=1S/C16H28N2O2S/c19-16(10-13-12-21-9-7-17-13)18(14-4-1-2-5-14)11-15-6-3-8-20-15/h13-15,17H,1-12H2. The summed E-state index contributed by atoms with van der Waals surface area (Å²) >= 11 is 1.96. The van der Waals surface area contributed by atoms with Gasteiger partial charge in [0.25, 0.3) is 0 Å². The summed E-state index contributed by atoms with van der Waals surface area (Å²) in [5.74, 6) is 2.59. The van der Waals surface area contributed by atoms with E-state index in [4.69, 9.17) is 4.74 Å². The number of ether oxygens (including phenoxy) is 1. The Labute approximate surface area is 132 Å². The van der Waals surface area contributed by atoms with Crippen LogP contribution in [0.15, 0.2) is 0 Å². The van der Waals surface area contributed by atoms with E-state index in [9.17, 15) is 4.79 Å². The lowest BCUT2D eigenvalue weighted by molar-refractivity contribution is -0.135. The number of hydrogen-bond donors (Lipinski definition) is 1. The number of thioether (sulfide) groups is 1. The molecule has 21 heavy (non-hydrogen) atoms. The van der Waals surface area contributed by atoms with Gasteiger partial charge < -0.3 is 15.0 Å². The van der Waals surface area contributed by atoms with Crippen LogP contribution in [-0.4, -0.2) is 60.2 Å². The van der Waals surface area contributed by atoms with Crippen LogP contribution >= 0.6 is 11.8 Å². The van der Waals surface area contributed by atoms with E-state index in [2.05, 4.69) is 10.2 Å². The van der Waals surface area contributed by atoms with Gasteiger partial charge in [-0.25, -0.2) is 0 Å². The Hall–Kier alpha value is -0.260. The van der Waals surface area contributed by atoms with Crippen LogP contribution in [0.1, 0.15) is 44.9 Å². The first kappa shape index (κ1) is 15.6. The average molecular weight is 312 g/mol. The van der Waals surface area contributed by atoms with E-state index < -0.39 is 0 Å². The first-order valence-corrected chi connectivity index (χ1v) is 9.70. The minimum absolute atomic E-state index is 0.281. The van der Waals surface area contributed by atoms with Crippen LogP contribution in [0.5, 0.6) is 0 Å². The molecule has 0 aromatic rings. The topological polar surface area (TPSA) is 41.6 Å². The Morgan fingerprint density at radius 3 is 2.76 bits per heavy atom. The third-order valence-corrected chi connectivity index (χ3v) is 6.06. The molecule has 0 aromatic heterocycles. The minimum Gasteiger partial charge on any atom is -0.376 e. The van der Waals surface area contributed by atoms with Crippen LogP contribution in [0.25, 0.3) is 0 Å². The van der Waals surface area contributed by atoms with Crippen molar-refractivity contribution in [3.8, 4) is 0 Å². The third kappa shape index (κ3) is 4.36. The summed E-state index contributed by atoms with van der Waals surface area (Å²) in [7, 11) is 0. The van der Waals surface area contributed by atoms with Gasteiger partial charge in [-0.1, -0.05) is 12.8 Å². The molecule has 3 aliphatic rings. The number of nitrogens with one attached hydrogen (secondary N) is 1. The molecule has 1 saturated carbocycles. The molecule has 2 atom stereocenters. The molecule has 1 aliphatic carbocycles. The Kier molecular flexibility index (Phi) is 5.83. The lowest BCUT2D eigenvalue weighted by atomic mass is 10.1. The molecule has 2 saturated heterocycles. The van der Waals surface area contributed by atoms with Gasteiger partial charge in [0.1, 0.15) is 0 Å². The predicted molar refractivity (Wildman–Crippen MR) is 86.7 cm³/mol. The van der Waals surface area contributed by atoms with Crippen molar-refractivity contribution in [2.24, 2.45) is 0 Å². The summed E-state index contributed by atoms with van der Waals surface area (Å²) in [6.45, 7) is 2.74. The van der Waals surface area contributed by atoms with Crippen LogP contribution in [0.4, 0.5) is 0 Å². The number of carbonyl (C=O) groups excluding carboxylic acids is 1. The average Bonchev–Trinajstić information content (AvgIpc) is 3.19. The molecule has 3 rings (SSSR count). The molecule has 2 heterocycles. The number of amides is 1. The van der Waals surface area contributed by atoms with Crippen molar-refractivity contribution in [2.45, 2.75) is 63.1 Å². The zero-order chi connectivity index (χ0) is 14.5. The fourth-order valence-corrected chi connectivity index (χ4v) is 4.71. The molecule has 2 unspecified atom stereocenters. The molecule has 2 aliphatic heterocycles. The van der Waals surface area contributed by atoms with Crippen LogP contribution in [0.3, 0.4) is 0 Å². The number of nitrogens with zero attached hydrogens (tertiary/aromatic N) is 1. The SMILES string of the molecule is O=C(CC1CSCCN1)N(CC1CCCO1)C1CCCC1. The molecule has 1 amide bonds. The highest BCUT2D eigenvalue weighted by molar-refractivity contribution is 7.99. The zero-order valence-electron chi connectivity index (χ0n) is 12.9. The highest BCUT2D eigenvalue weighted by Crippen LogP contribution is 2.26. The smallest absolute Gasteiger partial charge is 0.224 e. The summed E-state index contributed by atoms with van der Waals surface area (Å²) in [5, 5.41) is 3.49. The highest BCUT2D eigenvalue weighted by atomic mass is 32.2. The van der Waals surface area contributed by atoms with Crippen molar-refractivity contribution in [1.29, 1.82) is 0 Å². The van der Waals surface area contributed by atoms with Gasteiger partial charge in [-0.2, -0.15) is 11.8 Å². The van der Waals surface area contributed by atoms with Crippen molar-refractivity contribution in [3.63, 3.8) is 0 Å². The van der Waals surface area contributed by atoms with Gasteiger partial charge in [-0.3, -0.25) is 4.79 Å². The zero-order valence-corrected chi connectivity index (χ0v) is 13.7. The molecule has 1 N–H and O–H groups in total. The van der Waals surface area contributed by atoms with Gasteiger partial charge in [0, 0.05) is 49.7 Å². The second-order valence-electron chi connectivity index (χ2n) is 6.55. The second-order valence-corrected chi connectivity index (χ2v) is 7.70. The molecule has 5 heteroatoms. The summed E-state index contributed by atoms with van der Waals surface area (Å²) < 4.78 is 5.77. The Bertz CT molecular complexity index is 335. The maximum atomic E-state index is 12.8. The van der Waals surface area contributed by atoms with Crippen LogP contribution in [-0.2, 0) is 9.53 Å². The molecular weight excluding hydrogens is 284 g/mol. The molecule has 4 nitrogen and oxygen atoms in total. The summed E-state index contributed by atoms with van der Waals surface area (Å²) in [4.78, 5) is 15.0. The minimum atomic E-state index is 0.281. The third-order valence-electron chi connectivity index (χ3n) is 4.93. The monoisotopic (exact) mass is 312 g/mol. The predicted octanol–water partition coefficient (Wildman–Crippen LogP) is 2.03. The molecule has 120 valence electrons. The van der Waals surface area contributed by atoms with Gasteiger partial charge >= 0.3 is 0 Å². The fourth-order valence-electron chi connectivity index (χ4n) is 3.76. The van der Waals surface area contributed by atoms with E-state index >= 15 is 0 Å². The van der Waals surface area contributed by atoms with E-state index in [1.54, 1.807) is 0 Å². The lowest BCUT2D eigenvalue weighted by Gasteiger charge is -2.33. The summed E-state index contributed by atoms with van der Waals surface area (Å²) in [6.07, 6.45) is 8.14. The second kappa shape index (κ2) is 7.84. The van der Waals surface area contributed by atoms with Crippen molar-refractivity contribution in [1.82, 2.24) is 10.2 Å². The molecule has 0 bridgehead atoms. The van der Waals surface area contributed by atoms with Gasteiger partial charge in [0.15, 0.2) is 0 Å². The fraction of sp³-hybridized carbons (Fsp3) is 0.938. The maximum Gasteiger partial charge on any atom is 0.224 e. The Morgan fingerprint density at radius 2 is 2.10 bits per heavy atom. The Balaban J connectivity index is 1.57. The normalized spacial score (nSPS) is 30.7. The molecule has 3 fully saturated rings. The number of carbonyl (C=O) groups is 1. The van der Waals surface area contributed by atoms with Gasteiger partial charge in [-0.15, -0.1) is 0 Å². The van der Waals surface area contributed by atoms with E-state index in [-0.39, 0.29) is 6.10 Å². The first-order chi connectivity index (χ1) is 10.3. The van der Waals surface area contributed by atoms with Gasteiger partial charge in [0.2, 0.25) is 5.91 Å².